The van der Waals surface area contributed by atoms with E-state index in [9.17, 15) is 9.90 Å². The Kier molecular flexibility index (Phi) is 3.00. The average molecular weight is 289 g/mol. The molecule has 2 heterocycles. The van der Waals surface area contributed by atoms with Gasteiger partial charge in [-0.3, -0.25) is 9.78 Å². The average Bonchev–Trinajstić information content (AvgIpc) is 2.87. The molecule has 3 aromatic rings. The van der Waals surface area contributed by atoms with E-state index in [0.717, 1.165) is 0 Å². The van der Waals surface area contributed by atoms with Crippen molar-refractivity contribution in [3.8, 4) is 5.75 Å². The lowest BCUT2D eigenvalue weighted by Crippen LogP contribution is -2.11. The number of phenols is 1. The van der Waals surface area contributed by atoms with Gasteiger partial charge in [0.15, 0.2) is 0 Å². The molecule has 0 atom stereocenters. The van der Waals surface area contributed by atoms with Gasteiger partial charge in [-0.1, -0.05) is 11.6 Å². The Hall–Kier alpha value is -2.60. The van der Waals surface area contributed by atoms with Crippen molar-refractivity contribution in [3.05, 3.63) is 53.6 Å². The maximum atomic E-state index is 12.2. The summed E-state index contributed by atoms with van der Waals surface area (Å²) in [6, 6.07) is 4.44. The van der Waals surface area contributed by atoms with Crippen LogP contribution in [0.2, 0.25) is 5.02 Å². The third kappa shape index (κ3) is 2.17. The quantitative estimate of drug-likeness (QED) is 0.709. The summed E-state index contributed by atoms with van der Waals surface area (Å²) in [6.07, 6.45) is 6.27. The molecule has 20 heavy (non-hydrogen) atoms. The molecule has 6 nitrogen and oxygen atoms in total. The third-order valence-electron chi connectivity index (χ3n) is 2.77. The summed E-state index contributed by atoms with van der Waals surface area (Å²) in [7, 11) is 0. The van der Waals surface area contributed by atoms with E-state index in [1.54, 1.807) is 29.2 Å². The maximum absolute atomic E-state index is 12.2. The highest BCUT2D eigenvalue weighted by Gasteiger charge is 2.13. The molecular weight excluding hydrogens is 280 g/mol. The lowest BCUT2D eigenvalue weighted by molar-refractivity contribution is 0.102. The van der Waals surface area contributed by atoms with Crippen LogP contribution in [-0.4, -0.2) is 25.6 Å². The second kappa shape index (κ2) is 4.82. The van der Waals surface area contributed by atoms with Crippen LogP contribution >= 0.6 is 11.6 Å². The number of carbonyl (C=O) groups is 1. The Morgan fingerprint density at radius 2 is 2.20 bits per heavy atom. The van der Waals surface area contributed by atoms with Crippen LogP contribution in [0.3, 0.4) is 0 Å². The van der Waals surface area contributed by atoms with Crippen molar-refractivity contribution >= 4 is 28.7 Å². The fraction of sp³-hybridized carbons (Fsp3) is 0. The zero-order valence-electron chi connectivity index (χ0n) is 10.1. The summed E-state index contributed by atoms with van der Waals surface area (Å²) >= 11 is 5.79. The summed E-state index contributed by atoms with van der Waals surface area (Å²) in [5.74, 6) is -0.361. The molecule has 0 fully saturated rings. The molecule has 0 saturated heterocycles. The van der Waals surface area contributed by atoms with Gasteiger partial charge in [0.1, 0.15) is 5.75 Å². The summed E-state index contributed by atoms with van der Waals surface area (Å²) in [5, 5.41) is 16.3. The number of carbonyl (C=O) groups excluding carboxylic acids is 1. The normalized spacial score (nSPS) is 10.7. The molecule has 0 bridgehead atoms. The van der Waals surface area contributed by atoms with E-state index in [2.05, 4.69) is 15.4 Å². The molecule has 0 aliphatic rings. The Morgan fingerprint density at radius 3 is 3.00 bits per heavy atom. The number of fused-ring (bicyclic) bond motifs is 1. The fourth-order valence-electron chi connectivity index (χ4n) is 1.79. The predicted molar refractivity (Wildman–Crippen MR) is 74.1 cm³/mol. The monoisotopic (exact) mass is 288 g/mol. The number of benzene rings is 1. The van der Waals surface area contributed by atoms with Crippen molar-refractivity contribution in [2.24, 2.45) is 0 Å². The molecule has 0 radical (unpaired) electrons. The fourth-order valence-corrected chi connectivity index (χ4v) is 1.97. The number of anilines is 1. The van der Waals surface area contributed by atoms with Gasteiger partial charge < -0.3 is 10.4 Å². The first-order valence-electron chi connectivity index (χ1n) is 5.72. The van der Waals surface area contributed by atoms with Crippen LogP contribution in [0.4, 0.5) is 5.69 Å². The van der Waals surface area contributed by atoms with Crippen LogP contribution in [0.25, 0.3) is 5.52 Å². The molecule has 0 saturated carbocycles. The van der Waals surface area contributed by atoms with Gasteiger partial charge in [-0.05, 0) is 18.2 Å². The topological polar surface area (TPSA) is 79.5 Å². The molecule has 0 unspecified atom stereocenters. The second-order valence-corrected chi connectivity index (χ2v) is 4.49. The summed E-state index contributed by atoms with van der Waals surface area (Å²) < 4.78 is 1.56. The molecule has 1 aromatic carbocycles. The standard InChI is InChI=1S/C13H9ClN4O2/c14-10-5-8(1-2-12(10)19)17-13(20)9-6-16-18-4-3-15-7-11(9)18/h1-7,19H,(H,17,20). The van der Waals surface area contributed by atoms with Gasteiger partial charge in [0.25, 0.3) is 5.91 Å². The number of hydrogen-bond donors (Lipinski definition) is 2. The lowest BCUT2D eigenvalue weighted by Gasteiger charge is -2.05. The lowest BCUT2D eigenvalue weighted by atomic mass is 10.2. The summed E-state index contributed by atoms with van der Waals surface area (Å²) in [5.41, 5.74) is 1.50. The first kappa shape index (κ1) is 12.4. The largest absolute Gasteiger partial charge is 0.506 e. The van der Waals surface area contributed by atoms with Crippen LogP contribution in [0.15, 0.2) is 43.0 Å². The third-order valence-corrected chi connectivity index (χ3v) is 3.08. The Labute approximate surface area is 118 Å². The first-order valence-corrected chi connectivity index (χ1v) is 6.10. The first-order chi connectivity index (χ1) is 9.65. The van der Waals surface area contributed by atoms with Crippen LogP contribution in [0.1, 0.15) is 10.4 Å². The van der Waals surface area contributed by atoms with E-state index in [0.29, 0.717) is 16.8 Å². The second-order valence-electron chi connectivity index (χ2n) is 4.08. The minimum Gasteiger partial charge on any atom is -0.506 e. The molecule has 3 rings (SSSR count). The molecule has 1 amide bonds. The SMILES string of the molecule is O=C(Nc1ccc(O)c(Cl)c1)c1cnn2ccncc12. The highest BCUT2D eigenvalue weighted by molar-refractivity contribution is 6.32. The summed E-state index contributed by atoms with van der Waals surface area (Å²) in [6.45, 7) is 0. The predicted octanol–water partition coefficient (Wildman–Crippen LogP) is 2.34. The van der Waals surface area contributed by atoms with Gasteiger partial charge >= 0.3 is 0 Å². The van der Waals surface area contributed by atoms with Crippen LogP contribution in [0.5, 0.6) is 5.75 Å². The number of aromatic nitrogens is 3. The number of halogens is 1. The minimum atomic E-state index is -0.324. The van der Waals surface area contributed by atoms with E-state index in [1.807, 2.05) is 0 Å². The van der Waals surface area contributed by atoms with Crippen molar-refractivity contribution in [3.63, 3.8) is 0 Å². The van der Waals surface area contributed by atoms with E-state index < -0.39 is 0 Å². The zero-order chi connectivity index (χ0) is 14.1. The van der Waals surface area contributed by atoms with E-state index in [4.69, 9.17) is 11.6 Å². The van der Waals surface area contributed by atoms with Crippen LogP contribution in [-0.2, 0) is 0 Å². The number of nitrogens with one attached hydrogen (secondary N) is 1. The van der Waals surface area contributed by atoms with Crippen LogP contribution in [0, 0.1) is 0 Å². The van der Waals surface area contributed by atoms with Gasteiger partial charge in [-0.2, -0.15) is 5.10 Å². The number of amides is 1. The molecule has 100 valence electrons. The van der Waals surface area contributed by atoms with Gasteiger partial charge in [-0.15, -0.1) is 0 Å². The molecule has 2 aromatic heterocycles. The van der Waals surface area contributed by atoms with Gasteiger partial charge in [0, 0.05) is 18.1 Å². The van der Waals surface area contributed by atoms with E-state index in [-0.39, 0.29) is 16.7 Å². The number of hydrogen-bond acceptors (Lipinski definition) is 4. The Balaban J connectivity index is 1.91. The number of aromatic hydroxyl groups is 1. The van der Waals surface area contributed by atoms with Crippen molar-refractivity contribution in [1.82, 2.24) is 14.6 Å². The highest BCUT2D eigenvalue weighted by atomic mass is 35.5. The van der Waals surface area contributed by atoms with Crippen molar-refractivity contribution in [2.75, 3.05) is 5.32 Å². The smallest absolute Gasteiger partial charge is 0.259 e. The Bertz CT molecular complexity index is 800. The molecule has 0 aliphatic carbocycles. The van der Waals surface area contributed by atoms with Crippen molar-refractivity contribution < 1.29 is 9.90 Å². The van der Waals surface area contributed by atoms with E-state index >= 15 is 0 Å². The van der Waals surface area contributed by atoms with Crippen molar-refractivity contribution in [1.29, 1.82) is 0 Å². The number of rotatable bonds is 2. The molecular formula is C13H9ClN4O2. The summed E-state index contributed by atoms with van der Waals surface area (Å²) in [4.78, 5) is 16.2. The van der Waals surface area contributed by atoms with Crippen molar-refractivity contribution in [2.45, 2.75) is 0 Å². The zero-order valence-corrected chi connectivity index (χ0v) is 10.9. The van der Waals surface area contributed by atoms with Gasteiger partial charge in [0.2, 0.25) is 0 Å². The van der Waals surface area contributed by atoms with Gasteiger partial charge in [0.05, 0.1) is 28.5 Å². The minimum absolute atomic E-state index is 0.0372. The molecule has 7 heteroatoms. The Morgan fingerprint density at radius 1 is 1.35 bits per heavy atom. The molecule has 0 spiro atoms. The molecule has 0 aliphatic heterocycles. The highest BCUT2D eigenvalue weighted by Crippen LogP contribution is 2.26. The number of nitrogens with zero attached hydrogens (tertiary/aromatic N) is 3. The maximum Gasteiger partial charge on any atom is 0.259 e. The molecule has 2 N–H and O–H groups in total. The number of phenolic OH excluding ortho intramolecular Hbond substituents is 1. The van der Waals surface area contributed by atoms with E-state index in [1.165, 1.54) is 18.3 Å². The van der Waals surface area contributed by atoms with Gasteiger partial charge in [-0.25, -0.2) is 4.52 Å². The van der Waals surface area contributed by atoms with Crippen LogP contribution < -0.4 is 5.32 Å².